The van der Waals surface area contributed by atoms with Gasteiger partial charge in [0.25, 0.3) is 0 Å². The summed E-state index contributed by atoms with van der Waals surface area (Å²) in [7, 11) is 0. The molecule has 0 aliphatic heterocycles. The maximum absolute atomic E-state index is 10.6. The normalized spacial score (nSPS) is 11.4. The van der Waals surface area contributed by atoms with Crippen LogP contribution in [0.4, 0.5) is 0 Å². The number of carboxylic acid groups (broad SMARTS) is 2. The third-order valence-electron chi connectivity index (χ3n) is 2.21. The third kappa shape index (κ3) is 7.73. The summed E-state index contributed by atoms with van der Waals surface area (Å²) >= 11 is 0. The molecule has 4 heteroatoms. The van der Waals surface area contributed by atoms with Crippen LogP contribution < -0.4 is 0 Å². The fraction of sp³-hybridized carbons (Fsp3) is 0.636. The Kier molecular flexibility index (Phi) is 7.32. The van der Waals surface area contributed by atoms with E-state index in [-0.39, 0.29) is 6.42 Å². The zero-order chi connectivity index (χ0) is 11.7. The molecule has 0 aliphatic carbocycles. The van der Waals surface area contributed by atoms with Crippen molar-refractivity contribution in [3.8, 4) is 0 Å². The number of unbranched alkanes of at least 4 members (excludes halogenated alkanes) is 3. The minimum atomic E-state index is -0.858. The maximum atomic E-state index is 10.6. The van der Waals surface area contributed by atoms with Gasteiger partial charge in [-0.15, -0.1) is 0 Å². The molecule has 2 N–H and O–H groups in total. The molecular weight excluding hydrogens is 196 g/mol. The van der Waals surface area contributed by atoms with Crippen LogP contribution in [0.3, 0.4) is 0 Å². The number of hydrogen-bond donors (Lipinski definition) is 2. The van der Waals surface area contributed by atoms with Crippen molar-refractivity contribution >= 4 is 11.9 Å². The summed E-state index contributed by atoms with van der Waals surface area (Å²) < 4.78 is 0. The topological polar surface area (TPSA) is 74.6 Å². The molecular formula is C11H18O4. The highest BCUT2D eigenvalue weighted by atomic mass is 16.4. The SMILES string of the molecule is CC=C(CCCCCCC(=O)O)C(=O)O. The van der Waals surface area contributed by atoms with Crippen LogP contribution in [0, 0.1) is 0 Å². The summed E-state index contributed by atoms with van der Waals surface area (Å²) in [5, 5.41) is 17.1. The molecule has 0 unspecified atom stereocenters. The summed E-state index contributed by atoms with van der Waals surface area (Å²) in [5.41, 5.74) is 0.438. The third-order valence-corrected chi connectivity index (χ3v) is 2.21. The number of aliphatic carboxylic acids is 2. The van der Waals surface area contributed by atoms with Gasteiger partial charge in [-0.3, -0.25) is 4.79 Å². The predicted molar refractivity (Wildman–Crippen MR) is 56.7 cm³/mol. The molecule has 0 atom stereocenters. The van der Waals surface area contributed by atoms with E-state index in [4.69, 9.17) is 10.2 Å². The summed E-state index contributed by atoms with van der Waals surface area (Å²) in [5.74, 6) is -1.63. The van der Waals surface area contributed by atoms with E-state index in [0.29, 0.717) is 18.4 Å². The Bertz CT molecular complexity index is 243. The predicted octanol–water partition coefficient (Wildman–Crippen LogP) is 2.44. The molecule has 0 amide bonds. The molecule has 15 heavy (non-hydrogen) atoms. The molecule has 0 fully saturated rings. The van der Waals surface area contributed by atoms with Crippen LogP contribution >= 0.6 is 0 Å². The lowest BCUT2D eigenvalue weighted by Gasteiger charge is -2.01. The second kappa shape index (κ2) is 8.03. The quantitative estimate of drug-likeness (QED) is 0.480. The van der Waals surface area contributed by atoms with Gasteiger partial charge in [0, 0.05) is 12.0 Å². The largest absolute Gasteiger partial charge is 0.481 e. The van der Waals surface area contributed by atoms with E-state index in [1.807, 2.05) is 0 Å². The zero-order valence-corrected chi connectivity index (χ0v) is 9.03. The van der Waals surface area contributed by atoms with Crippen molar-refractivity contribution in [2.45, 2.75) is 45.4 Å². The highest BCUT2D eigenvalue weighted by Gasteiger charge is 2.04. The second-order valence-electron chi connectivity index (χ2n) is 3.43. The van der Waals surface area contributed by atoms with Crippen LogP contribution in [0.2, 0.25) is 0 Å². The lowest BCUT2D eigenvalue weighted by molar-refractivity contribution is -0.137. The summed E-state index contributed by atoms with van der Waals surface area (Å²) in [4.78, 5) is 20.8. The molecule has 0 aromatic carbocycles. The molecule has 0 aliphatic rings. The van der Waals surface area contributed by atoms with Gasteiger partial charge in [0.1, 0.15) is 0 Å². The first-order valence-electron chi connectivity index (χ1n) is 5.18. The van der Waals surface area contributed by atoms with Gasteiger partial charge in [0.2, 0.25) is 0 Å². The van der Waals surface area contributed by atoms with Gasteiger partial charge >= 0.3 is 11.9 Å². The number of carboxylic acids is 2. The van der Waals surface area contributed by atoms with Gasteiger partial charge in [-0.25, -0.2) is 4.79 Å². The van der Waals surface area contributed by atoms with Crippen molar-refractivity contribution in [1.29, 1.82) is 0 Å². The molecule has 0 aromatic heterocycles. The Morgan fingerprint density at radius 2 is 1.53 bits per heavy atom. The first-order valence-corrected chi connectivity index (χ1v) is 5.18. The molecule has 0 spiro atoms. The van der Waals surface area contributed by atoms with Gasteiger partial charge in [-0.1, -0.05) is 18.9 Å². The van der Waals surface area contributed by atoms with Crippen molar-refractivity contribution in [3.05, 3.63) is 11.6 Å². The molecule has 4 nitrogen and oxygen atoms in total. The Morgan fingerprint density at radius 3 is 1.93 bits per heavy atom. The standard InChI is InChI=1S/C11H18O4/c1-2-9(11(14)15)7-5-3-4-6-8-10(12)13/h2H,3-8H2,1H3,(H,12,13)(H,14,15). The number of rotatable bonds is 8. The second-order valence-corrected chi connectivity index (χ2v) is 3.43. The molecule has 86 valence electrons. The minimum absolute atomic E-state index is 0.204. The van der Waals surface area contributed by atoms with Crippen LogP contribution in [0.25, 0.3) is 0 Å². The Morgan fingerprint density at radius 1 is 1.00 bits per heavy atom. The van der Waals surface area contributed by atoms with Crippen molar-refractivity contribution in [3.63, 3.8) is 0 Å². The van der Waals surface area contributed by atoms with Crippen LogP contribution in [0.5, 0.6) is 0 Å². The average Bonchev–Trinajstić information content (AvgIpc) is 2.15. The maximum Gasteiger partial charge on any atom is 0.331 e. The molecule has 0 radical (unpaired) electrons. The zero-order valence-electron chi connectivity index (χ0n) is 9.03. The van der Waals surface area contributed by atoms with Crippen LogP contribution in [-0.2, 0) is 9.59 Å². The van der Waals surface area contributed by atoms with Crippen molar-refractivity contribution < 1.29 is 19.8 Å². The highest BCUT2D eigenvalue weighted by Crippen LogP contribution is 2.11. The summed E-state index contributed by atoms with van der Waals surface area (Å²) in [6.07, 6.45) is 5.61. The molecule has 0 aromatic rings. The number of allylic oxidation sites excluding steroid dienone is 1. The van der Waals surface area contributed by atoms with E-state index < -0.39 is 11.9 Å². The van der Waals surface area contributed by atoms with E-state index in [2.05, 4.69) is 0 Å². The highest BCUT2D eigenvalue weighted by molar-refractivity contribution is 5.86. The van der Waals surface area contributed by atoms with Gasteiger partial charge in [0.05, 0.1) is 0 Å². The Labute approximate surface area is 89.6 Å². The fourth-order valence-corrected chi connectivity index (χ4v) is 1.32. The van der Waals surface area contributed by atoms with Gasteiger partial charge < -0.3 is 10.2 Å². The molecule has 0 saturated carbocycles. The minimum Gasteiger partial charge on any atom is -0.481 e. The first kappa shape index (κ1) is 13.7. The lowest BCUT2D eigenvalue weighted by atomic mass is 10.1. The van der Waals surface area contributed by atoms with E-state index in [1.165, 1.54) is 0 Å². The molecule has 0 bridgehead atoms. The lowest BCUT2D eigenvalue weighted by Crippen LogP contribution is -2.00. The Hall–Kier alpha value is -1.32. The number of hydrogen-bond acceptors (Lipinski definition) is 2. The Balaban J connectivity index is 3.46. The van der Waals surface area contributed by atoms with Crippen LogP contribution in [0.1, 0.15) is 45.4 Å². The van der Waals surface area contributed by atoms with E-state index >= 15 is 0 Å². The summed E-state index contributed by atoms with van der Waals surface area (Å²) in [6, 6.07) is 0. The molecule has 0 heterocycles. The van der Waals surface area contributed by atoms with E-state index in [9.17, 15) is 9.59 Å². The van der Waals surface area contributed by atoms with Crippen LogP contribution in [-0.4, -0.2) is 22.2 Å². The number of carbonyl (C=O) groups is 2. The van der Waals surface area contributed by atoms with E-state index in [0.717, 1.165) is 19.3 Å². The molecule has 0 rings (SSSR count). The van der Waals surface area contributed by atoms with Crippen molar-refractivity contribution in [1.82, 2.24) is 0 Å². The van der Waals surface area contributed by atoms with Gasteiger partial charge in [-0.05, 0) is 26.2 Å². The van der Waals surface area contributed by atoms with E-state index in [1.54, 1.807) is 13.0 Å². The smallest absolute Gasteiger partial charge is 0.331 e. The van der Waals surface area contributed by atoms with Gasteiger partial charge in [0.15, 0.2) is 0 Å². The average molecular weight is 214 g/mol. The monoisotopic (exact) mass is 214 g/mol. The van der Waals surface area contributed by atoms with Crippen molar-refractivity contribution in [2.24, 2.45) is 0 Å². The molecule has 0 saturated heterocycles. The summed E-state index contributed by atoms with van der Waals surface area (Å²) in [6.45, 7) is 1.72. The van der Waals surface area contributed by atoms with Crippen molar-refractivity contribution in [2.75, 3.05) is 0 Å². The fourth-order valence-electron chi connectivity index (χ4n) is 1.32. The first-order chi connectivity index (χ1) is 7.07. The van der Waals surface area contributed by atoms with Crippen LogP contribution in [0.15, 0.2) is 11.6 Å². The van der Waals surface area contributed by atoms with Gasteiger partial charge in [-0.2, -0.15) is 0 Å².